The molecule has 0 saturated heterocycles. The maximum absolute atomic E-state index is 13.3. The van der Waals surface area contributed by atoms with E-state index in [9.17, 15) is 4.79 Å². The third-order valence-corrected chi connectivity index (χ3v) is 6.70. The summed E-state index contributed by atoms with van der Waals surface area (Å²) in [4.78, 5) is 20.8. The zero-order chi connectivity index (χ0) is 24.4. The molecule has 1 aliphatic heterocycles. The third-order valence-electron chi connectivity index (χ3n) is 5.95. The van der Waals surface area contributed by atoms with Crippen LogP contribution in [0.1, 0.15) is 24.4 Å². The fourth-order valence-electron chi connectivity index (χ4n) is 4.15. The lowest BCUT2D eigenvalue weighted by Gasteiger charge is -2.35. The van der Waals surface area contributed by atoms with Crippen molar-refractivity contribution < 1.29 is 14.1 Å². The molecule has 0 aliphatic carbocycles. The Hall–Kier alpha value is -4.04. The fraction of sp³-hybridized carbons (Fsp3) is 0.148. The van der Waals surface area contributed by atoms with Gasteiger partial charge in [-0.05, 0) is 55.1 Å². The van der Waals surface area contributed by atoms with Crippen LogP contribution in [-0.4, -0.2) is 29.5 Å². The van der Waals surface area contributed by atoms with Gasteiger partial charge in [0.05, 0.1) is 24.4 Å². The van der Waals surface area contributed by atoms with Crippen LogP contribution in [0.5, 0.6) is 5.75 Å². The van der Waals surface area contributed by atoms with Crippen molar-refractivity contribution in [1.82, 2.24) is 15.5 Å². The SMILES string of the molecule is COc1ccc(N2C(=O)NC(c3ccc(SC)cc3)C(c3nc(-c4ccccc4)no3)=C2C)cc1. The second-order valence-corrected chi connectivity index (χ2v) is 8.86. The van der Waals surface area contributed by atoms with Gasteiger partial charge in [-0.1, -0.05) is 47.6 Å². The van der Waals surface area contributed by atoms with Gasteiger partial charge in [0.2, 0.25) is 5.82 Å². The zero-order valence-corrected chi connectivity index (χ0v) is 20.4. The summed E-state index contributed by atoms with van der Waals surface area (Å²) in [6.45, 7) is 1.90. The molecule has 5 rings (SSSR count). The normalized spacial score (nSPS) is 15.8. The minimum Gasteiger partial charge on any atom is -0.497 e. The first-order chi connectivity index (χ1) is 17.1. The topological polar surface area (TPSA) is 80.5 Å². The fourth-order valence-corrected chi connectivity index (χ4v) is 4.55. The van der Waals surface area contributed by atoms with E-state index in [0.717, 1.165) is 21.6 Å². The number of benzene rings is 3. The van der Waals surface area contributed by atoms with Crippen LogP contribution in [0.2, 0.25) is 0 Å². The Morgan fingerprint density at radius 3 is 2.37 bits per heavy atom. The van der Waals surface area contributed by atoms with Crippen molar-refractivity contribution in [3.05, 3.63) is 96.0 Å². The monoisotopic (exact) mass is 484 g/mol. The van der Waals surface area contributed by atoms with Gasteiger partial charge >= 0.3 is 6.03 Å². The molecule has 0 saturated carbocycles. The van der Waals surface area contributed by atoms with Gasteiger partial charge < -0.3 is 14.6 Å². The lowest BCUT2D eigenvalue weighted by Crippen LogP contribution is -2.46. The summed E-state index contributed by atoms with van der Waals surface area (Å²) < 4.78 is 11.0. The maximum Gasteiger partial charge on any atom is 0.326 e. The number of urea groups is 1. The quantitative estimate of drug-likeness (QED) is 0.330. The molecule has 1 aliphatic rings. The summed E-state index contributed by atoms with van der Waals surface area (Å²) in [5.74, 6) is 1.56. The Kier molecular flexibility index (Phi) is 6.29. The number of nitrogens with one attached hydrogen (secondary N) is 1. The number of hydrogen-bond donors (Lipinski definition) is 1. The maximum atomic E-state index is 13.3. The van der Waals surface area contributed by atoms with E-state index in [1.54, 1.807) is 23.8 Å². The molecule has 0 bridgehead atoms. The van der Waals surface area contributed by atoms with Gasteiger partial charge in [0.1, 0.15) is 5.75 Å². The summed E-state index contributed by atoms with van der Waals surface area (Å²) in [5.41, 5.74) is 3.94. The predicted octanol–water partition coefficient (Wildman–Crippen LogP) is 6.17. The molecular formula is C27H24N4O3S. The van der Waals surface area contributed by atoms with Crippen molar-refractivity contribution >= 4 is 29.1 Å². The number of methoxy groups -OCH3 is 1. The molecule has 7 nitrogen and oxygen atoms in total. The highest BCUT2D eigenvalue weighted by Crippen LogP contribution is 2.39. The van der Waals surface area contributed by atoms with E-state index >= 15 is 0 Å². The van der Waals surface area contributed by atoms with Crippen LogP contribution >= 0.6 is 11.8 Å². The molecule has 1 atom stereocenters. The van der Waals surface area contributed by atoms with E-state index in [1.165, 1.54) is 0 Å². The second-order valence-electron chi connectivity index (χ2n) is 7.98. The van der Waals surface area contributed by atoms with Crippen molar-refractivity contribution in [3.8, 4) is 17.1 Å². The van der Waals surface area contributed by atoms with Crippen LogP contribution < -0.4 is 15.0 Å². The number of ether oxygens (including phenoxy) is 1. The first kappa shape index (κ1) is 22.7. The molecular weight excluding hydrogens is 460 g/mol. The van der Waals surface area contributed by atoms with E-state index in [1.807, 2.05) is 92.0 Å². The van der Waals surface area contributed by atoms with Crippen LogP contribution in [-0.2, 0) is 0 Å². The van der Waals surface area contributed by atoms with E-state index in [2.05, 4.69) is 10.5 Å². The molecule has 176 valence electrons. The third kappa shape index (κ3) is 4.40. The highest BCUT2D eigenvalue weighted by Gasteiger charge is 2.36. The molecule has 35 heavy (non-hydrogen) atoms. The van der Waals surface area contributed by atoms with E-state index in [-0.39, 0.29) is 6.03 Å². The Morgan fingerprint density at radius 1 is 1.00 bits per heavy atom. The van der Waals surface area contributed by atoms with Crippen molar-refractivity contribution in [2.75, 3.05) is 18.3 Å². The number of carbonyl (C=O) groups is 1. The van der Waals surface area contributed by atoms with Crippen LogP contribution in [0, 0.1) is 0 Å². The van der Waals surface area contributed by atoms with Gasteiger partial charge in [0.15, 0.2) is 0 Å². The number of carbonyl (C=O) groups excluding carboxylic acids is 1. The summed E-state index contributed by atoms with van der Waals surface area (Å²) in [6, 6.07) is 24.4. The Bertz CT molecular complexity index is 1370. The second kappa shape index (κ2) is 9.68. The molecule has 0 fully saturated rings. The summed E-state index contributed by atoms with van der Waals surface area (Å²) in [5, 5.41) is 7.36. The largest absolute Gasteiger partial charge is 0.497 e. The molecule has 1 aromatic heterocycles. The minimum absolute atomic E-state index is 0.238. The number of nitrogens with zero attached hydrogens (tertiary/aromatic N) is 3. The number of anilines is 1. The molecule has 0 radical (unpaired) electrons. The molecule has 0 spiro atoms. The Labute approximate surface area is 207 Å². The summed E-state index contributed by atoms with van der Waals surface area (Å²) >= 11 is 1.67. The molecule has 3 aromatic carbocycles. The lowest BCUT2D eigenvalue weighted by molar-refractivity contribution is 0.244. The summed E-state index contributed by atoms with van der Waals surface area (Å²) in [7, 11) is 1.61. The summed E-state index contributed by atoms with van der Waals surface area (Å²) in [6.07, 6.45) is 2.03. The number of allylic oxidation sites excluding steroid dienone is 1. The van der Waals surface area contributed by atoms with E-state index in [0.29, 0.717) is 28.8 Å². The molecule has 4 aromatic rings. The minimum atomic E-state index is -0.447. The standard InChI is InChI=1S/C27H24N4O3S/c1-17-23(26-29-25(30-34-26)19-7-5-4-6-8-19)24(18-9-15-22(35-3)16-10-18)28-27(32)31(17)20-11-13-21(33-2)14-12-20/h4-16,24H,1-3H3,(H,28,32). The molecule has 2 amide bonds. The van der Waals surface area contributed by atoms with E-state index in [4.69, 9.17) is 14.2 Å². The first-order valence-corrected chi connectivity index (χ1v) is 12.3. The van der Waals surface area contributed by atoms with Crippen LogP contribution in [0.3, 0.4) is 0 Å². The average Bonchev–Trinajstić information content (AvgIpc) is 3.39. The number of amides is 2. The van der Waals surface area contributed by atoms with Crippen LogP contribution in [0.4, 0.5) is 10.5 Å². The zero-order valence-electron chi connectivity index (χ0n) is 19.6. The van der Waals surface area contributed by atoms with Gasteiger partial charge in [-0.2, -0.15) is 4.98 Å². The number of hydrogen-bond acceptors (Lipinski definition) is 6. The molecule has 2 heterocycles. The van der Waals surface area contributed by atoms with Gasteiger partial charge in [0.25, 0.3) is 5.89 Å². The number of thioether (sulfide) groups is 1. The lowest BCUT2D eigenvalue weighted by atomic mass is 9.94. The van der Waals surface area contributed by atoms with Crippen LogP contribution in [0.25, 0.3) is 17.0 Å². The number of rotatable bonds is 6. The predicted molar refractivity (Wildman–Crippen MR) is 137 cm³/mol. The van der Waals surface area contributed by atoms with Crippen LogP contribution in [0.15, 0.2) is 94.0 Å². The van der Waals surface area contributed by atoms with E-state index < -0.39 is 6.04 Å². The van der Waals surface area contributed by atoms with Gasteiger partial charge in [-0.3, -0.25) is 4.90 Å². The van der Waals surface area contributed by atoms with Crippen molar-refractivity contribution in [3.63, 3.8) is 0 Å². The van der Waals surface area contributed by atoms with Gasteiger partial charge in [-0.25, -0.2) is 4.79 Å². The average molecular weight is 485 g/mol. The number of aromatic nitrogens is 2. The van der Waals surface area contributed by atoms with Crippen molar-refractivity contribution in [2.24, 2.45) is 0 Å². The molecule has 1 unspecified atom stereocenters. The Balaban J connectivity index is 1.63. The van der Waals surface area contributed by atoms with Crippen molar-refractivity contribution in [2.45, 2.75) is 17.9 Å². The van der Waals surface area contributed by atoms with Gasteiger partial charge in [-0.15, -0.1) is 11.8 Å². The smallest absolute Gasteiger partial charge is 0.326 e. The molecule has 1 N–H and O–H groups in total. The first-order valence-electron chi connectivity index (χ1n) is 11.1. The highest BCUT2D eigenvalue weighted by atomic mass is 32.2. The Morgan fingerprint density at radius 2 is 1.71 bits per heavy atom. The van der Waals surface area contributed by atoms with Gasteiger partial charge in [0, 0.05) is 16.2 Å². The highest BCUT2D eigenvalue weighted by molar-refractivity contribution is 7.98. The van der Waals surface area contributed by atoms with Crippen molar-refractivity contribution in [1.29, 1.82) is 0 Å². The molecule has 8 heteroatoms.